The molecule has 1 aliphatic heterocycles. The normalized spacial score (nSPS) is 30.1. The largest absolute Gasteiger partial charge is 0.310 e. The van der Waals surface area contributed by atoms with Crippen LogP contribution in [0, 0.1) is 0 Å². The van der Waals surface area contributed by atoms with Gasteiger partial charge in [0.25, 0.3) is 0 Å². The minimum atomic E-state index is 0.248. The average molecular weight is 247 g/mol. The van der Waals surface area contributed by atoms with Crippen LogP contribution in [-0.4, -0.2) is 34.6 Å². The average Bonchev–Trinajstić information content (AvgIpc) is 2.52. The van der Waals surface area contributed by atoms with E-state index in [1.165, 1.54) is 18.4 Å². The number of hydrogen-bond donors (Lipinski definition) is 1. The van der Waals surface area contributed by atoms with E-state index in [4.69, 9.17) is 0 Å². The standard InChI is InChI=1S/C15H25N3/c1-4-15(3)12-18(13(2)5-10-17-15)11-14-6-8-16-9-7-14/h6-9,13,17H,4-5,10-12H2,1-3H3. The number of nitrogens with one attached hydrogen (secondary N) is 1. The maximum Gasteiger partial charge on any atom is 0.0278 e. The number of rotatable bonds is 3. The Bertz CT molecular complexity index is 365. The molecular formula is C15H25N3. The minimum absolute atomic E-state index is 0.248. The fourth-order valence-electron chi connectivity index (χ4n) is 2.60. The van der Waals surface area contributed by atoms with Crippen molar-refractivity contribution in [3.8, 4) is 0 Å². The first kappa shape index (κ1) is 13.5. The Morgan fingerprint density at radius 2 is 2.17 bits per heavy atom. The molecule has 0 amide bonds. The third kappa shape index (κ3) is 3.30. The lowest BCUT2D eigenvalue weighted by Gasteiger charge is -2.35. The molecule has 2 unspecified atom stereocenters. The number of aromatic nitrogens is 1. The van der Waals surface area contributed by atoms with E-state index in [9.17, 15) is 0 Å². The van der Waals surface area contributed by atoms with E-state index in [0.717, 1.165) is 19.6 Å². The third-order valence-electron chi connectivity index (χ3n) is 4.20. The van der Waals surface area contributed by atoms with E-state index in [2.05, 4.69) is 48.1 Å². The molecule has 1 N–H and O–H groups in total. The molecule has 1 aromatic heterocycles. The van der Waals surface area contributed by atoms with Crippen LogP contribution in [0.3, 0.4) is 0 Å². The van der Waals surface area contributed by atoms with Crippen molar-refractivity contribution < 1.29 is 0 Å². The lowest BCUT2D eigenvalue weighted by Crippen LogP contribution is -2.49. The van der Waals surface area contributed by atoms with Crippen molar-refractivity contribution >= 4 is 0 Å². The molecule has 3 nitrogen and oxygen atoms in total. The van der Waals surface area contributed by atoms with Gasteiger partial charge in [0.05, 0.1) is 0 Å². The van der Waals surface area contributed by atoms with Crippen LogP contribution in [-0.2, 0) is 6.54 Å². The SMILES string of the molecule is CCC1(C)CN(Cc2ccncc2)C(C)CCN1. The predicted octanol–water partition coefficient (Wildman–Crippen LogP) is 2.43. The summed E-state index contributed by atoms with van der Waals surface area (Å²) in [7, 11) is 0. The Kier molecular flexibility index (Phi) is 4.36. The Balaban J connectivity index is 2.08. The van der Waals surface area contributed by atoms with Gasteiger partial charge in [-0.1, -0.05) is 6.92 Å². The van der Waals surface area contributed by atoms with Crippen LogP contribution in [0.4, 0.5) is 0 Å². The number of pyridine rings is 1. The summed E-state index contributed by atoms with van der Waals surface area (Å²) in [5.41, 5.74) is 1.61. The maximum atomic E-state index is 4.09. The Morgan fingerprint density at radius 3 is 2.83 bits per heavy atom. The van der Waals surface area contributed by atoms with Crippen LogP contribution in [0.2, 0.25) is 0 Å². The van der Waals surface area contributed by atoms with Gasteiger partial charge >= 0.3 is 0 Å². The Labute approximate surface area is 111 Å². The van der Waals surface area contributed by atoms with Gasteiger partial charge in [-0.2, -0.15) is 0 Å². The fourth-order valence-corrected chi connectivity index (χ4v) is 2.60. The van der Waals surface area contributed by atoms with E-state index in [1.807, 2.05) is 12.4 Å². The maximum absolute atomic E-state index is 4.09. The topological polar surface area (TPSA) is 28.2 Å². The highest BCUT2D eigenvalue weighted by molar-refractivity contribution is 5.10. The molecule has 0 aliphatic carbocycles. The zero-order valence-electron chi connectivity index (χ0n) is 11.8. The zero-order chi connectivity index (χ0) is 13.0. The molecule has 18 heavy (non-hydrogen) atoms. The van der Waals surface area contributed by atoms with Crippen LogP contribution in [0.1, 0.15) is 39.2 Å². The molecule has 1 aliphatic rings. The predicted molar refractivity (Wildman–Crippen MR) is 75.4 cm³/mol. The van der Waals surface area contributed by atoms with Gasteiger partial charge in [-0.15, -0.1) is 0 Å². The highest BCUT2D eigenvalue weighted by Gasteiger charge is 2.30. The zero-order valence-corrected chi connectivity index (χ0v) is 11.8. The van der Waals surface area contributed by atoms with E-state index >= 15 is 0 Å². The first-order chi connectivity index (χ1) is 8.63. The van der Waals surface area contributed by atoms with E-state index in [-0.39, 0.29) is 5.54 Å². The highest BCUT2D eigenvalue weighted by atomic mass is 15.2. The van der Waals surface area contributed by atoms with Crippen molar-refractivity contribution in [2.45, 2.75) is 51.7 Å². The Hall–Kier alpha value is -0.930. The summed E-state index contributed by atoms with van der Waals surface area (Å²) >= 11 is 0. The van der Waals surface area contributed by atoms with Gasteiger partial charge in [-0.05, 0) is 50.9 Å². The Morgan fingerprint density at radius 1 is 1.44 bits per heavy atom. The molecule has 0 aromatic carbocycles. The van der Waals surface area contributed by atoms with E-state index in [1.54, 1.807) is 0 Å². The molecule has 1 saturated heterocycles. The molecule has 0 saturated carbocycles. The second-order valence-electron chi connectivity index (χ2n) is 5.74. The molecule has 2 atom stereocenters. The number of hydrogen-bond acceptors (Lipinski definition) is 3. The van der Waals surface area contributed by atoms with Crippen molar-refractivity contribution in [3.63, 3.8) is 0 Å². The molecule has 1 aromatic rings. The van der Waals surface area contributed by atoms with Gasteiger partial charge < -0.3 is 5.32 Å². The molecule has 1 fully saturated rings. The summed E-state index contributed by atoms with van der Waals surface area (Å²) in [6, 6.07) is 4.88. The molecule has 100 valence electrons. The third-order valence-corrected chi connectivity index (χ3v) is 4.20. The van der Waals surface area contributed by atoms with Crippen LogP contribution in [0.5, 0.6) is 0 Å². The van der Waals surface area contributed by atoms with Crippen LogP contribution >= 0.6 is 0 Å². The summed E-state index contributed by atoms with van der Waals surface area (Å²) in [5.74, 6) is 0. The van der Waals surface area contributed by atoms with Gasteiger partial charge in [-0.25, -0.2) is 0 Å². The highest BCUT2D eigenvalue weighted by Crippen LogP contribution is 2.20. The molecule has 0 bridgehead atoms. The van der Waals surface area contributed by atoms with E-state index in [0.29, 0.717) is 6.04 Å². The summed E-state index contributed by atoms with van der Waals surface area (Å²) in [6.07, 6.45) is 6.16. The van der Waals surface area contributed by atoms with Crippen molar-refractivity contribution in [2.24, 2.45) is 0 Å². The minimum Gasteiger partial charge on any atom is -0.310 e. The number of nitrogens with zero attached hydrogens (tertiary/aromatic N) is 2. The molecule has 0 radical (unpaired) electrons. The first-order valence-electron chi connectivity index (χ1n) is 7.01. The quantitative estimate of drug-likeness (QED) is 0.889. The van der Waals surface area contributed by atoms with Crippen molar-refractivity contribution in [1.29, 1.82) is 0 Å². The molecule has 2 heterocycles. The van der Waals surface area contributed by atoms with Gasteiger partial charge in [0.2, 0.25) is 0 Å². The molecule has 2 rings (SSSR count). The van der Waals surface area contributed by atoms with Gasteiger partial charge in [0.15, 0.2) is 0 Å². The van der Waals surface area contributed by atoms with Crippen molar-refractivity contribution in [3.05, 3.63) is 30.1 Å². The summed E-state index contributed by atoms with van der Waals surface area (Å²) < 4.78 is 0. The van der Waals surface area contributed by atoms with Gasteiger partial charge in [0.1, 0.15) is 0 Å². The van der Waals surface area contributed by atoms with Crippen LogP contribution in [0.25, 0.3) is 0 Å². The lowest BCUT2D eigenvalue weighted by molar-refractivity contribution is 0.163. The van der Waals surface area contributed by atoms with Crippen molar-refractivity contribution in [2.75, 3.05) is 13.1 Å². The molecular weight excluding hydrogens is 222 g/mol. The summed E-state index contributed by atoms with van der Waals surface area (Å²) in [5, 5.41) is 3.70. The van der Waals surface area contributed by atoms with Gasteiger partial charge in [-0.3, -0.25) is 9.88 Å². The second kappa shape index (κ2) is 5.81. The monoisotopic (exact) mass is 247 g/mol. The van der Waals surface area contributed by atoms with Crippen LogP contribution < -0.4 is 5.32 Å². The van der Waals surface area contributed by atoms with Crippen molar-refractivity contribution in [1.82, 2.24) is 15.2 Å². The molecule has 0 spiro atoms. The summed E-state index contributed by atoms with van der Waals surface area (Å²) in [6.45, 7) is 10.2. The summed E-state index contributed by atoms with van der Waals surface area (Å²) in [4.78, 5) is 6.69. The molecule has 3 heteroatoms. The first-order valence-corrected chi connectivity index (χ1v) is 7.01. The second-order valence-corrected chi connectivity index (χ2v) is 5.74. The van der Waals surface area contributed by atoms with E-state index < -0.39 is 0 Å². The fraction of sp³-hybridized carbons (Fsp3) is 0.667. The van der Waals surface area contributed by atoms with Crippen LogP contribution in [0.15, 0.2) is 24.5 Å². The van der Waals surface area contributed by atoms with Gasteiger partial charge in [0, 0.05) is 37.1 Å². The smallest absolute Gasteiger partial charge is 0.0278 e. The lowest BCUT2D eigenvalue weighted by atomic mass is 9.98.